The van der Waals surface area contributed by atoms with E-state index in [-0.39, 0.29) is 23.5 Å². The van der Waals surface area contributed by atoms with Gasteiger partial charge in [0.05, 0.1) is 0 Å². The van der Waals surface area contributed by atoms with Gasteiger partial charge in [0, 0.05) is 31.9 Å². The largest absolute Gasteiger partial charge is 0.441 e. The predicted molar refractivity (Wildman–Crippen MR) is 120 cm³/mol. The Morgan fingerprint density at radius 1 is 1.28 bits per heavy atom. The summed E-state index contributed by atoms with van der Waals surface area (Å²) >= 11 is 0. The molecule has 9 nitrogen and oxygen atoms in total. The minimum absolute atomic E-state index is 0.00593. The van der Waals surface area contributed by atoms with Gasteiger partial charge in [-0.2, -0.15) is 0 Å². The van der Waals surface area contributed by atoms with Crippen LogP contribution in [-0.2, 0) is 17.8 Å². The maximum atomic E-state index is 11.8. The Balaban J connectivity index is 1.32. The molecule has 2 amide bonds. The van der Waals surface area contributed by atoms with E-state index in [0.717, 1.165) is 44.6 Å². The fourth-order valence-electron chi connectivity index (χ4n) is 3.83. The predicted octanol–water partition coefficient (Wildman–Crippen LogP) is 3.29. The molecule has 2 aromatic heterocycles. The van der Waals surface area contributed by atoms with Crippen LogP contribution in [0.5, 0.6) is 0 Å². The summed E-state index contributed by atoms with van der Waals surface area (Å²) in [6, 6.07) is 5.67. The molecular formula is C23H33N5O4. The van der Waals surface area contributed by atoms with Crippen LogP contribution in [0.2, 0.25) is 0 Å². The SMILES string of the molecule is CC(C)(C)Cc1ccc(N2CCC(CCNC(=O)OCc3cc(C(N)=O)no3)CC2)nc1. The van der Waals surface area contributed by atoms with E-state index >= 15 is 0 Å². The molecule has 3 rings (SSSR count). The van der Waals surface area contributed by atoms with Crippen molar-refractivity contribution in [2.45, 2.75) is 53.1 Å². The summed E-state index contributed by atoms with van der Waals surface area (Å²) in [4.78, 5) is 29.8. The fraction of sp³-hybridized carbons (Fsp3) is 0.565. The molecular weight excluding hydrogens is 410 g/mol. The third kappa shape index (κ3) is 7.25. The van der Waals surface area contributed by atoms with Gasteiger partial charge in [-0.1, -0.05) is 32.0 Å². The highest BCUT2D eigenvalue weighted by atomic mass is 16.6. The smallest absolute Gasteiger partial charge is 0.407 e. The fourth-order valence-corrected chi connectivity index (χ4v) is 3.83. The van der Waals surface area contributed by atoms with E-state index in [4.69, 9.17) is 15.0 Å². The maximum absolute atomic E-state index is 11.8. The lowest BCUT2D eigenvalue weighted by molar-refractivity contribution is 0.0989. The highest BCUT2D eigenvalue weighted by Crippen LogP contribution is 2.25. The van der Waals surface area contributed by atoms with Gasteiger partial charge in [-0.3, -0.25) is 4.79 Å². The van der Waals surface area contributed by atoms with E-state index in [9.17, 15) is 9.59 Å². The van der Waals surface area contributed by atoms with Crippen molar-refractivity contribution in [3.8, 4) is 0 Å². The summed E-state index contributed by atoms with van der Waals surface area (Å²) in [7, 11) is 0. The summed E-state index contributed by atoms with van der Waals surface area (Å²) in [6.07, 6.45) is 5.51. The first-order chi connectivity index (χ1) is 15.2. The number of rotatable bonds is 8. The van der Waals surface area contributed by atoms with Crippen molar-refractivity contribution in [1.82, 2.24) is 15.5 Å². The Kier molecular flexibility index (Phi) is 7.71. The molecule has 0 bridgehead atoms. The molecule has 1 aliphatic rings. The molecule has 174 valence electrons. The number of nitrogens with zero attached hydrogens (tertiary/aromatic N) is 3. The van der Waals surface area contributed by atoms with E-state index in [2.05, 4.69) is 53.3 Å². The van der Waals surface area contributed by atoms with Gasteiger partial charge in [0.25, 0.3) is 5.91 Å². The van der Waals surface area contributed by atoms with Gasteiger partial charge in [0.15, 0.2) is 18.1 Å². The number of anilines is 1. The number of amides is 2. The van der Waals surface area contributed by atoms with Gasteiger partial charge in [-0.05, 0) is 48.6 Å². The van der Waals surface area contributed by atoms with Gasteiger partial charge in [-0.15, -0.1) is 0 Å². The van der Waals surface area contributed by atoms with Crippen LogP contribution in [-0.4, -0.2) is 41.8 Å². The Bertz CT molecular complexity index is 896. The first-order valence-corrected chi connectivity index (χ1v) is 11.1. The van der Waals surface area contributed by atoms with Gasteiger partial charge >= 0.3 is 6.09 Å². The maximum Gasteiger partial charge on any atom is 0.407 e. The zero-order valence-electron chi connectivity index (χ0n) is 19.1. The van der Waals surface area contributed by atoms with Crippen LogP contribution in [0.25, 0.3) is 0 Å². The number of alkyl carbamates (subject to hydrolysis) is 1. The third-order valence-electron chi connectivity index (χ3n) is 5.46. The quantitative estimate of drug-likeness (QED) is 0.641. The number of nitrogens with one attached hydrogen (secondary N) is 1. The molecule has 3 N–H and O–H groups in total. The number of hydrogen-bond donors (Lipinski definition) is 2. The van der Waals surface area contributed by atoms with Crippen LogP contribution in [0.3, 0.4) is 0 Å². The summed E-state index contributed by atoms with van der Waals surface area (Å²) in [6.45, 7) is 9.08. The van der Waals surface area contributed by atoms with Gasteiger partial charge in [0.2, 0.25) is 0 Å². The molecule has 1 aliphatic heterocycles. The molecule has 1 fully saturated rings. The van der Waals surface area contributed by atoms with Crippen LogP contribution in [0, 0.1) is 11.3 Å². The van der Waals surface area contributed by atoms with Gasteiger partial charge < -0.3 is 25.2 Å². The lowest BCUT2D eigenvalue weighted by Gasteiger charge is -2.33. The normalized spacial score (nSPS) is 14.9. The second kappa shape index (κ2) is 10.5. The molecule has 0 aliphatic carbocycles. The molecule has 2 aromatic rings. The summed E-state index contributed by atoms with van der Waals surface area (Å²) in [5.41, 5.74) is 6.63. The number of piperidine rings is 1. The van der Waals surface area contributed by atoms with Gasteiger partial charge in [-0.25, -0.2) is 9.78 Å². The highest BCUT2D eigenvalue weighted by molar-refractivity contribution is 5.90. The molecule has 32 heavy (non-hydrogen) atoms. The zero-order valence-corrected chi connectivity index (χ0v) is 19.1. The lowest BCUT2D eigenvalue weighted by Crippen LogP contribution is -2.35. The zero-order chi connectivity index (χ0) is 23.1. The van der Waals surface area contributed by atoms with Crippen molar-refractivity contribution < 1.29 is 18.8 Å². The Labute approximate surface area is 188 Å². The summed E-state index contributed by atoms with van der Waals surface area (Å²) in [5, 5.41) is 6.25. The minimum Gasteiger partial charge on any atom is -0.441 e. The highest BCUT2D eigenvalue weighted by Gasteiger charge is 2.21. The molecule has 9 heteroatoms. The second-order valence-electron chi connectivity index (χ2n) is 9.53. The molecule has 0 unspecified atom stereocenters. The monoisotopic (exact) mass is 443 g/mol. The number of carbonyl (C=O) groups excluding carboxylic acids is 2. The molecule has 0 atom stereocenters. The van der Waals surface area contributed by atoms with Crippen molar-refractivity contribution in [3.63, 3.8) is 0 Å². The van der Waals surface area contributed by atoms with E-state index in [0.29, 0.717) is 12.5 Å². The van der Waals surface area contributed by atoms with Crippen LogP contribution < -0.4 is 16.0 Å². The average Bonchev–Trinajstić information content (AvgIpc) is 3.22. The number of pyridine rings is 1. The van der Waals surface area contributed by atoms with E-state index in [1.165, 1.54) is 11.6 Å². The number of carbonyl (C=O) groups is 2. The summed E-state index contributed by atoms with van der Waals surface area (Å²) in [5.74, 6) is 1.17. The first-order valence-electron chi connectivity index (χ1n) is 11.1. The minimum atomic E-state index is -0.691. The van der Waals surface area contributed by atoms with Crippen LogP contribution in [0.1, 0.15) is 61.8 Å². The number of hydrogen-bond acceptors (Lipinski definition) is 7. The standard InChI is InChI=1S/C23H33N5O4/c1-23(2,3)13-17-4-5-20(26-14-17)28-10-7-16(8-11-28)6-9-25-22(30)31-15-18-12-19(21(24)29)27-32-18/h4-5,12,14,16H,6-11,13,15H2,1-3H3,(H2,24,29)(H,25,30). The molecule has 0 radical (unpaired) electrons. The second-order valence-corrected chi connectivity index (χ2v) is 9.53. The molecule has 3 heterocycles. The van der Waals surface area contributed by atoms with Crippen molar-refractivity contribution in [3.05, 3.63) is 41.4 Å². The topological polar surface area (TPSA) is 124 Å². The van der Waals surface area contributed by atoms with Crippen molar-refractivity contribution in [2.75, 3.05) is 24.5 Å². The Morgan fingerprint density at radius 2 is 2.03 bits per heavy atom. The first kappa shape index (κ1) is 23.6. The molecule has 1 saturated heterocycles. The van der Waals surface area contributed by atoms with E-state index in [1.807, 2.05) is 6.20 Å². The number of primary amides is 1. The Hall–Kier alpha value is -3.10. The number of ether oxygens (including phenoxy) is 1. The molecule has 0 saturated carbocycles. The van der Waals surface area contributed by atoms with Crippen molar-refractivity contribution >= 4 is 17.8 Å². The van der Waals surface area contributed by atoms with Crippen molar-refractivity contribution in [1.29, 1.82) is 0 Å². The van der Waals surface area contributed by atoms with E-state index in [1.54, 1.807) is 0 Å². The van der Waals surface area contributed by atoms with E-state index < -0.39 is 12.0 Å². The number of aromatic nitrogens is 2. The van der Waals surface area contributed by atoms with Crippen LogP contribution in [0.4, 0.5) is 10.6 Å². The molecule has 0 spiro atoms. The summed E-state index contributed by atoms with van der Waals surface area (Å²) < 4.78 is 9.96. The van der Waals surface area contributed by atoms with Crippen LogP contribution >= 0.6 is 0 Å². The third-order valence-corrected chi connectivity index (χ3v) is 5.46. The Morgan fingerprint density at radius 3 is 2.62 bits per heavy atom. The van der Waals surface area contributed by atoms with Crippen LogP contribution in [0.15, 0.2) is 28.9 Å². The van der Waals surface area contributed by atoms with Crippen molar-refractivity contribution in [2.24, 2.45) is 17.1 Å². The molecule has 0 aromatic carbocycles. The van der Waals surface area contributed by atoms with Gasteiger partial charge in [0.1, 0.15) is 5.82 Å². The number of nitrogens with two attached hydrogens (primary N) is 1. The average molecular weight is 444 g/mol. The lowest BCUT2D eigenvalue weighted by atomic mass is 9.89.